The Balaban J connectivity index is 2.98. The summed E-state index contributed by atoms with van der Waals surface area (Å²) in [6.45, 7) is 2.73. The maximum atomic E-state index is 11.8. The summed E-state index contributed by atoms with van der Waals surface area (Å²) in [6, 6.07) is 4.19. The summed E-state index contributed by atoms with van der Waals surface area (Å²) in [5, 5.41) is 11.4. The highest BCUT2D eigenvalue weighted by Gasteiger charge is 2.14. The van der Waals surface area contributed by atoms with Gasteiger partial charge in [-0.25, -0.2) is 4.79 Å². The van der Waals surface area contributed by atoms with Crippen molar-refractivity contribution < 1.29 is 19.5 Å². The van der Waals surface area contributed by atoms with Crippen molar-refractivity contribution in [1.82, 2.24) is 0 Å². The van der Waals surface area contributed by atoms with E-state index >= 15 is 0 Å². The second kappa shape index (κ2) is 6.21. The molecule has 106 valence electrons. The number of benzene rings is 1. The van der Waals surface area contributed by atoms with Crippen LogP contribution in [-0.4, -0.2) is 22.9 Å². The highest BCUT2D eigenvalue weighted by molar-refractivity contribution is 6.34. The van der Waals surface area contributed by atoms with Gasteiger partial charge in [-0.3, -0.25) is 9.59 Å². The minimum atomic E-state index is -1.17. The molecule has 1 rings (SSSR count). The number of aliphatic carboxylic acids is 1. The number of nitrogens with two attached hydrogens (primary N) is 1. The van der Waals surface area contributed by atoms with Crippen LogP contribution in [0.4, 0.5) is 5.69 Å². The van der Waals surface area contributed by atoms with Gasteiger partial charge in [0.05, 0.1) is 10.6 Å². The van der Waals surface area contributed by atoms with Crippen molar-refractivity contribution in [2.75, 3.05) is 5.32 Å². The van der Waals surface area contributed by atoms with Gasteiger partial charge >= 0.3 is 5.97 Å². The fourth-order valence-electron chi connectivity index (χ4n) is 1.35. The first-order valence-corrected chi connectivity index (χ1v) is 5.93. The quantitative estimate of drug-likeness (QED) is 0.736. The van der Waals surface area contributed by atoms with Gasteiger partial charge in [-0.15, -0.1) is 0 Å². The zero-order valence-corrected chi connectivity index (χ0v) is 11.6. The first-order chi connectivity index (χ1) is 9.23. The minimum Gasteiger partial charge on any atom is -0.478 e. The maximum Gasteiger partial charge on any atom is 0.331 e. The molecule has 0 radical (unpaired) electrons. The van der Waals surface area contributed by atoms with Gasteiger partial charge in [-0.05, 0) is 32.0 Å². The second-order valence-corrected chi connectivity index (χ2v) is 4.48. The van der Waals surface area contributed by atoms with Gasteiger partial charge in [0.1, 0.15) is 0 Å². The molecule has 20 heavy (non-hydrogen) atoms. The van der Waals surface area contributed by atoms with Gasteiger partial charge in [0, 0.05) is 16.8 Å². The molecule has 0 aromatic heterocycles. The molecule has 2 amide bonds. The number of primary amides is 1. The number of anilines is 1. The lowest BCUT2D eigenvalue weighted by atomic mass is 10.1. The molecule has 0 bridgehead atoms. The van der Waals surface area contributed by atoms with Crippen LogP contribution in [0.2, 0.25) is 5.02 Å². The van der Waals surface area contributed by atoms with Crippen LogP contribution in [0.15, 0.2) is 29.3 Å². The molecule has 4 N–H and O–H groups in total. The van der Waals surface area contributed by atoms with E-state index in [0.717, 1.165) is 0 Å². The third-order valence-electron chi connectivity index (χ3n) is 2.72. The lowest BCUT2D eigenvalue weighted by Crippen LogP contribution is -2.17. The van der Waals surface area contributed by atoms with E-state index in [4.69, 9.17) is 22.4 Å². The lowest BCUT2D eigenvalue weighted by Gasteiger charge is -2.08. The number of hydrogen-bond acceptors (Lipinski definition) is 3. The molecule has 0 unspecified atom stereocenters. The minimum absolute atomic E-state index is 0.0534. The first kappa shape index (κ1) is 15.7. The highest BCUT2D eigenvalue weighted by Crippen LogP contribution is 2.21. The summed E-state index contributed by atoms with van der Waals surface area (Å²) >= 11 is 5.84. The van der Waals surface area contributed by atoms with Gasteiger partial charge in [0.2, 0.25) is 5.91 Å². The summed E-state index contributed by atoms with van der Waals surface area (Å²) in [5.41, 5.74) is 5.60. The third-order valence-corrected chi connectivity index (χ3v) is 3.03. The Bertz CT molecular complexity index is 623. The van der Waals surface area contributed by atoms with Crippen molar-refractivity contribution in [3.05, 3.63) is 39.9 Å². The largest absolute Gasteiger partial charge is 0.478 e. The van der Waals surface area contributed by atoms with Gasteiger partial charge in [-0.1, -0.05) is 11.6 Å². The van der Waals surface area contributed by atoms with E-state index in [-0.39, 0.29) is 21.7 Å². The Labute approximate surface area is 120 Å². The molecule has 0 spiro atoms. The van der Waals surface area contributed by atoms with Gasteiger partial charge in [0.15, 0.2) is 0 Å². The van der Waals surface area contributed by atoms with E-state index < -0.39 is 17.8 Å². The molecule has 1 aromatic carbocycles. The van der Waals surface area contributed by atoms with Crippen LogP contribution in [0.3, 0.4) is 0 Å². The predicted octanol–water partition coefficient (Wildman–Crippen LogP) is 1.80. The smallest absolute Gasteiger partial charge is 0.331 e. The number of carboxylic acids is 1. The average molecular weight is 297 g/mol. The van der Waals surface area contributed by atoms with Crippen molar-refractivity contribution in [2.45, 2.75) is 13.8 Å². The van der Waals surface area contributed by atoms with E-state index in [2.05, 4.69) is 5.32 Å². The van der Waals surface area contributed by atoms with Crippen molar-refractivity contribution in [1.29, 1.82) is 0 Å². The second-order valence-electron chi connectivity index (χ2n) is 4.07. The Morgan fingerprint density at radius 3 is 2.25 bits per heavy atom. The van der Waals surface area contributed by atoms with Gasteiger partial charge < -0.3 is 16.2 Å². The number of amides is 2. The SMILES string of the molecule is CC(C(=O)O)=C(C)C(=O)Nc1ccc(C(N)=O)c(Cl)c1. The lowest BCUT2D eigenvalue weighted by molar-refractivity contribution is -0.133. The molecule has 6 nitrogen and oxygen atoms in total. The molecular formula is C13H13ClN2O4. The molecule has 0 aliphatic rings. The number of nitrogens with one attached hydrogen (secondary N) is 1. The molecular weight excluding hydrogens is 284 g/mol. The summed E-state index contributed by atoms with van der Waals surface area (Å²) < 4.78 is 0. The Hall–Kier alpha value is -2.34. The van der Waals surface area contributed by atoms with Crippen molar-refractivity contribution >= 4 is 35.1 Å². The van der Waals surface area contributed by atoms with Crippen LogP contribution < -0.4 is 11.1 Å². The third kappa shape index (κ3) is 3.58. The van der Waals surface area contributed by atoms with Crippen LogP contribution in [0, 0.1) is 0 Å². The summed E-state index contributed by atoms with van der Waals surface area (Å²) in [6.07, 6.45) is 0. The number of hydrogen-bond donors (Lipinski definition) is 3. The van der Waals surface area contributed by atoms with Crippen LogP contribution in [-0.2, 0) is 9.59 Å². The summed E-state index contributed by atoms with van der Waals surface area (Å²) in [4.78, 5) is 33.6. The zero-order valence-electron chi connectivity index (χ0n) is 10.9. The molecule has 0 aliphatic heterocycles. The van der Waals surface area contributed by atoms with E-state index in [0.29, 0.717) is 5.69 Å². The van der Waals surface area contributed by atoms with Crippen molar-refractivity contribution in [3.63, 3.8) is 0 Å². The van der Waals surface area contributed by atoms with Gasteiger partial charge in [-0.2, -0.15) is 0 Å². The molecule has 0 saturated heterocycles. The molecule has 0 fully saturated rings. The van der Waals surface area contributed by atoms with Crippen molar-refractivity contribution in [2.24, 2.45) is 5.73 Å². The van der Waals surface area contributed by atoms with Crippen molar-refractivity contribution in [3.8, 4) is 0 Å². The fourth-order valence-corrected chi connectivity index (χ4v) is 1.62. The zero-order chi connectivity index (χ0) is 15.4. The molecule has 0 aliphatic carbocycles. The molecule has 7 heteroatoms. The Kier molecular flexibility index (Phi) is 4.88. The van der Waals surface area contributed by atoms with E-state index in [1.807, 2.05) is 0 Å². The van der Waals surface area contributed by atoms with E-state index in [9.17, 15) is 14.4 Å². The highest BCUT2D eigenvalue weighted by atomic mass is 35.5. The molecule has 0 atom stereocenters. The standard InChI is InChI=1S/C13H13ClN2O4/c1-6(7(2)13(19)20)12(18)16-8-3-4-9(11(15)17)10(14)5-8/h3-5H,1-2H3,(H2,15,17)(H,16,18)(H,19,20). The summed E-state index contributed by atoms with van der Waals surface area (Å²) in [5.74, 6) is -2.40. The number of carboxylic acid groups (broad SMARTS) is 1. The molecule has 0 saturated carbocycles. The number of rotatable bonds is 4. The predicted molar refractivity (Wildman–Crippen MR) is 74.6 cm³/mol. The maximum absolute atomic E-state index is 11.8. The van der Waals surface area contributed by atoms with Crippen LogP contribution in [0.25, 0.3) is 0 Å². The molecule has 0 heterocycles. The number of carbonyl (C=O) groups excluding carboxylic acids is 2. The first-order valence-electron chi connectivity index (χ1n) is 5.55. The van der Waals surface area contributed by atoms with Crippen LogP contribution >= 0.6 is 11.6 Å². The van der Waals surface area contributed by atoms with E-state index in [1.54, 1.807) is 0 Å². The fraction of sp³-hybridized carbons (Fsp3) is 0.154. The Morgan fingerprint density at radius 2 is 1.80 bits per heavy atom. The van der Waals surface area contributed by atoms with Crippen LogP contribution in [0.5, 0.6) is 0 Å². The molecule has 1 aromatic rings. The topological polar surface area (TPSA) is 109 Å². The summed E-state index contributed by atoms with van der Waals surface area (Å²) in [7, 11) is 0. The average Bonchev–Trinajstić information content (AvgIpc) is 2.36. The number of carbonyl (C=O) groups is 3. The normalized spacial score (nSPS) is 11.6. The number of halogens is 1. The van der Waals surface area contributed by atoms with Crippen LogP contribution in [0.1, 0.15) is 24.2 Å². The monoisotopic (exact) mass is 296 g/mol. The van der Waals surface area contributed by atoms with E-state index in [1.165, 1.54) is 32.0 Å². The van der Waals surface area contributed by atoms with Gasteiger partial charge in [0.25, 0.3) is 5.91 Å². The Morgan fingerprint density at radius 1 is 1.20 bits per heavy atom.